The number of amides is 1. The molecule has 0 saturated carbocycles. The van der Waals surface area contributed by atoms with Gasteiger partial charge in [0.15, 0.2) is 0 Å². The molecule has 1 aliphatic rings. The second-order valence-electron chi connectivity index (χ2n) is 3.56. The van der Waals surface area contributed by atoms with Crippen molar-refractivity contribution in [2.24, 2.45) is 16.8 Å². The van der Waals surface area contributed by atoms with E-state index in [1.807, 2.05) is 0 Å². The Hall–Kier alpha value is -1.43. The molecule has 0 bridgehead atoms. The zero-order valence-electron chi connectivity index (χ0n) is 9.09. The van der Waals surface area contributed by atoms with Crippen LogP contribution in [-0.2, 0) is 14.3 Å². The molecule has 0 aromatic carbocycles. The van der Waals surface area contributed by atoms with Crippen molar-refractivity contribution in [1.29, 1.82) is 0 Å². The fourth-order valence-electron chi connectivity index (χ4n) is 1.66. The maximum atomic E-state index is 11.0. The second kappa shape index (κ2) is 6.22. The number of carboxylic acids is 1. The van der Waals surface area contributed by atoms with E-state index in [1.54, 1.807) is 0 Å². The van der Waals surface area contributed by atoms with Crippen molar-refractivity contribution in [3.05, 3.63) is 0 Å². The second-order valence-corrected chi connectivity index (χ2v) is 3.56. The van der Waals surface area contributed by atoms with Gasteiger partial charge in [0.25, 0.3) is 0 Å². The number of aliphatic imine (C=N–C) groups is 1. The number of carbonyl (C=O) groups excluding carboxylic acids is 1. The topological polar surface area (TPSA) is 85.2 Å². The first kappa shape index (κ1) is 12.6. The van der Waals surface area contributed by atoms with Gasteiger partial charge in [0.2, 0.25) is 0 Å². The highest BCUT2D eigenvalue weighted by atomic mass is 16.5. The lowest BCUT2D eigenvalue weighted by Gasteiger charge is -2.24. The summed E-state index contributed by atoms with van der Waals surface area (Å²) in [7, 11) is 1.20. The summed E-state index contributed by atoms with van der Waals surface area (Å²) in [6.07, 6.45) is 1.72. The van der Waals surface area contributed by atoms with E-state index >= 15 is 0 Å². The Morgan fingerprint density at radius 2 is 2.12 bits per heavy atom. The molecule has 0 aliphatic carbocycles. The summed E-state index contributed by atoms with van der Waals surface area (Å²) in [6.45, 7) is 1.11. The molecular weight excluding hydrogens is 214 g/mol. The summed E-state index contributed by atoms with van der Waals surface area (Å²) in [6, 6.07) is 0. The van der Waals surface area contributed by atoms with Crippen molar-refractivity contribution in [2.75, 3.05) is 20.3 Å². The van der Waals surface area contributed by atoms with Crippen LogP contribution in [0.1, 0.15) is 12.8 Å². The number of nitrogens with zero attached hydrogens (tertiary/aromatic N) is 1. The fraction of sp³-hybridized carbons (Fsp3) is 0.700. The molecule has 0 spiro atoms. The van der Waals surface area contributed by atoms with Crippen molar-refractivity contribution < 1.29 is 24.2 Å². The van der Waals surface area contributed by atoms with E-state index in [0.717, 1.165) is 6.21 Å². The van der Waals surface area contributed by atoms with Crippen LogP contribution in [0.2, 0.25) is 0 Å². The van der Waals surface area contributed by atoms with Gasteiger partial charge in [-0.25, -0.2) is 4.79 Å². The summed E-state index contributed by atoms with van der Waals surface area (Å²) >= 11 is 0. The van der Waals surface area contributed by atoms with Crippen LogP contribution >= 0.6 is 0 Å². The van der Waals surface area contributed by atoms with E-state index in [9.17, 15) is 9.59 Å². The third-order valence-electron chi connectivity index (χ3n) is 2.57. The van der Waals surface area contributed by atoms with Gasteiger partial charge < -0.3 is 14.6 Å². The molecule has 0 aromatic rings. The van der Waals surface area contributed by atoms with Crippen LogP contribution in [-0.4, -0.2) is 43.7 Å². The van der Waals surface area contributed by atoms with E-state index in [1.165, 1.54) is 7.11 Å². The molecule has 1 heterocycles. The largest absolute Gasteiger partial charge is 0.481 e. The Labute approximate surface area is 93.3 Å². The van der Waals surface area contributed by atoms with Crippen LogP contribution in [0.5, 0.6) is 0 Å². The van der Waals surface area contributed by atoms with Crippen molar-refractivity contribution in [3.8, 4) is 0 Å². The van der Waals surface area contributed by atoms with Gasteiger partial charge in [-0.15, -0.1) is 0 Å². The van der Waals surface area contributed by atoms with Crippen molar-refractivity contribution in [3.63, 3.8) is 0 Å². The number of carbonyl (C=O) groups is 2. The predicted molar refractivity (Wildman–Crippen MR) is 55.6 cm³/mol. The molecule has 0 radical (unpaired) electrons. The van der Waals surface area contributed by atoms with E-state index in [2.05, 4.69) is 9.73 Å². The molecule has 0 aromatic heterocycles. The number of carboxylic acid groups (broad SMARTS) is 1. The Morgan fingerprint density at radius 1 is 1.50 bits per heavy atom. The minimum atomic E-state index is -0.973. The fourth-order valence-corrected chi connectivity index (χ4v) is 1.66. The highest BCUT2D eigenvalue weighted by Crippen LogP contribution is 2.23. The van der Waals surface area contributed by atoms with Gasteiger partial charge in [-0.2, -0.15) is 4.99 Å². The van der Waals surface area contributed by atoms with Crippen molar-refractivity contribution in [1.82, 2.24) is 0 Å². The van der Waals surface area contributed by atoms with Gasteiger partial charge in [0.05, 0.1) is 13.0 Å². The third-order valence-corrected chi connectivity index (χ3v) is 2.57. The molecule has 6 nitrogen and oxygen atoms in total. The average Bonchev–Trinajstić information content (AvgIpc) is 2.30. The van der Waals surface area contributed by atoms with E-state index < -0.39 is 18.0 Å². The maximum absolute atomic E-state index is 11.0. The lowest BCUT2D eigenvalue weighted by atomic mass is 9.87. The molecule has 1 saturated heterocycles. The smallest absolute Gasteiger partial charge is 0.432 e. The highest BCUT2D eigenvalue weighted by Gasteiger charge is 2.28. The Kier molecular flexibility index (Phi) is 4.91. The lowest BCUT2D eigenvalue weighted by Crippen LogP contribution is -2.30. The third kappa shape index (κ3) is 3.62. The zero-order valence-corrected chi connectivity index (χ0v) is 9.09. The number of ether oxygens (including phenoxy) is 2. The first-order valence-corrected chi connectivity index (χ1v) is 5.08. The van der Waals surface area contributed by atoms with Gasteiger partial charge >= 0.3 is 12.1 Å². The molecule has 90 valence electrons. The molecule has 1 rings (SSSR count). The number of aliphatic carboxylic acids is 1. The number of hydrogen-bond acceptors (Lipinski definition) is 4. The lowest BCUT2D eigenvalue weighted by molar-refractivity contribution is -0.141. The van der Waals surface area contributed by atoms with Crippen LogP contribution in [0, 0.1) is 11.8 Å². The number of methoxy groups -OCH3 is 1. The first-order valence-electron chi connectivity index (χ1n) is 5.08. The summed E-state index contributed by atoms with van der Waals surface area (Å²) in [5.41, 5.74) is 0. The molecule has 1 N–H and O–H groups in total. The summed E-state index contributed by atoms with van der Waals surface area (Å²) in [5.74, 6) is -1.75. The monoisotopic (exact) mass is 229 g/mol. The van der Waals surface area contributed by atoms with Gasteiger partial charge in [-0.1, -0.05) is 0 Å². The number of hydrogen-bond donors (Lipinski definition) is 1. The summed E-state index contributed by atoms with van der Waals surface area (Å²) in [5, 5.41) is 9.03. The van der Waals surface area contributed by atoms with Crippen molar-refractivity contribution >= 4 is 18.3 Å². The molecule has 1 atom stereocenters. The molecule has 1 amide bonds. The van der Waals surface area contributed by atoms with Gasteiger partial charge in [0, 0.05) is 19.4 Å². The molecule has 1 unspecified atom stereocenters. The van der Waals surface area contributed by atoms with E-state index in [4.69, 9.17) is 9.84 Å². The first-order chi connectivity index (χ1) is 7.65. The van der Waals surface area contributed by atoms with Crippen LogP contribution in [0.3, 0.4) is 0 Å². The van der Waals surface area contributed by atoms with Crippen LogP contribution in [0.25, 0.3) is 0 Å². The van der Waals surface area contributed by atoms with Gasteiger partial charge in [-0.05, 0) is 18.8 Å². The molecule has 16 heavy (non-hydrogen) atoms. The Bertz CT molecular complexity index is 283. The minimum absolute atomic E-state index is 0.0281. The maximum Gasteiger partial charge on any atom is 0.432 e. The predicted octanol–water partition coefficient (Wildman–Crippen LogP) is 0.951. The van der Waals surface area contributed by atoms with E-state index in [-0.39, 0.29) is 5.92 Å². The van der Waals surface area contributed by atoms with Crippen LogP contribution < -0.4 is 0 Å². The minimum Gasteiger partial charge on any atom is -0.481 e. The molecular formula is C10H15NO5. The van der Waals surface area contributed by atoms with Crippen molar-refractivity contribution in [2.45, 2.75) is 12.8 Å². The SMILES string of the molecule is COC(=O)N=CC(C(=O)O)C1CCOCC1. The molecule has 1 aliphatic heterocycles. The Balaban J connectivity index is 2.62. The highest BCUT2D eigenvalue weighted by molar-refractivity contribution is 5.93. The summed E-state index contributed by atoms with van der Waals surface area (Å²) in [4.78, 5) is 25.2. The molecule has 6 heteroatoms. The summed E-state index contributed by atoms with van der Waals surface area (Å²) < 4.78 is 9.46. The van der Waals surface area contributed by atoms with Gasteiger partial charge in [0.1, 0.15) is 0 Å². The quantitative estimate of drug-likeness (QED) is 0.728. The molecule has 1 fully saturated rings. The zero-order chi connectivity index (χ0) is 12.0. The van der Waals surface area contributed by atoms with E-state index in [0.29, 0.717) is 26.1 Å². The van der Waals surface area contributed by atoms with Crippen LogP contribution in [0.15, 0.2) is 4.99 Å². The number of rotatable bonds is 3. The normalized spacial score (nSPS) is 19.6. The standard InChI is InChI=1S/C10H15NO5/c1-15-10(14)11-6-8(9(12)13)7-2-4-16-5-3-7/h6-8H,2-5H2,1H3,(H,12,13). The average molecular weight is 229 g/mol. The van der Waals surface area contributed by atoms with Gasteiger partial charge in [-0.3, -0.25) is 4.79 Å². The Morgan fingerprint density at radius 3 is 2.62 bits per heavy atom. The van der Waals surface area contributed by atoms with Crippen LogP contribution in [0.4, 0.5) is 4.79 Å².